The SMILES string of the molecule is COc1cc(C=CCC(N)=O)ccc1O. The van der Waals surface area contributed by atoms with Gasteiger partial charge in [-0.2, -0.15) is 0 Å². The standard InChI is InChI=1S/C11H13NO3/c1-15-10-7-8(5-6-9(10)13)3-2-4-11(12)14/h2-3,5-7,13H,4H2,1H3,(H2,12,14). The Hall–Kier alpha value is -1.97. The highest BCUT2D eigenvalue weighted by molar-refractivity contribution is 5.76. The second-order valence-electron chi connectivity index (χ2n) is 3.00. The molecule has 0 unspecified atom stereocenters. The molecule has 0 aliphatic carbocycles. The minimum absolute atomic E-state index is 0.0875. The first-order valence-electron chi connectivity index (χ1n) is 4.45. The number of hydrogen-bond acceptors (Lipinski definition) is 3. The third kappa shape index (κ3) is 3.34. The van der Waals surface area contributed by atoms with Crippen LogP contribution in [-0.4, -0.2) is 18.1 Å². The van der Waals surface area contributed by atoms with Crippen LogP contribution in [-0.2, 0) is 4.79 Å². The lowest BCUT2D eigenvalue weighted by Gasteiger charge is -2.03. The van der Waals surface area contributed by atoms with E-state index >= 15 is 0 Å². The van der Waals surface area contributed by atoms with Crippen LogP contribution < -0.4 is 10.5 Å². The molecule has 1 rings (SSSR count). The quantitative estimate of drug-likeness (QED) is 0.781. The zero-order valence-corrected chi connectivity index (χ0v) is 8.43. The number of ether oxygens (including phenoxy) is 1. The van der Waals surface area contributed by atoms with Crippen molar-refractivity contribution in [3.8, 4) is 11.5 Å². The highest BCUT2D eigenvalue weighted by Gasteiger charge is 2.00. The lowest BCUT2D eigenvalue weighted by molar-refractivity contribution is -0.117. The number of hydrogen-bond donors (Lipinski definition) is 2. The van der Waals surface area contributed by atoms with Gasteiger partial charge in [0.15, 0.2) is 11.5 Å². The number of carbonyl (C=O) groups excluding carboxylic acids is 1. The van der Waals surface area contributed by atoms with Gasteiger partial charge in [-0.3, -0.25) is 4.79 Å². The Morgan fingerprint density at radius 1 is 1.60 bits per heavy atom. The highest BCUT2D eigenvalue weighted by Crippen LogP contribution is 2.26. The average Bonchev–Trinajstić information content (AvgIpc) is 2.20. The Morgan fingerprint density at radius 2 is 2.33 bits per heavy atom. The fraction of sp³-hybridized carbons (Fsp3) is 0.182. The van der Waals surface area contributed by atoms with Crippen LogP contribution in [0.4, 0.5) is 0 Å². The Labute approximate surface area is 88.0 Å². The molecule has 0 aliphatic rings. The molecule has 80 valence electrons. The van der Waals surface area contributed by atoms with E-state index in [2.05, 4.69) is 0 Å². The maximum atomic E-state index is 10.5. The fourth-order valence-electron chi connectivity index (χ4n) is 1.11. The van der Waals surface area contributed by atoms with Crippen molar-refractivity contribution in [3.05, 3.63) is 29.8 Å². The van der Waals surface area contributed by atoms with Crippen molar-refractivity contribution in [1.82, 2.24) is 0 Å². The molecule has 0 bridgehead atoms. The minimum Gasteiger partial charge on any atom is -0.504 e. The molecule has 4 heteroatoms. The molecular formula is C11H13NO3. The van der Waals surface area contributed by atoms with Crippen LogP contribution in [0.15, 0.2) is 24.3 Å². The predicted octanol–water partition coefficient (Wildman–Crippen LogP) is 1.29. The number of amides is 1. The number of rotatable bonds is 4. The molecule has 0 saturated heterocycles. The van der Waals surface area contributed by atoms with Crippen molar-refractivity contribution in [3.63, 3.8) is 0 Å². The number of phenols is 1. The van der Waals surface area contributed by atoms with E-state index in [4.69, 9.17) is 10.5 Å². The number of carbonyl (C=O) groups is 1. The zero-order valence-electron chi connectivity index (χ0n) is 8.43. The van der Waals surface area contributed by atoms with Crippen molar-refractivity contribution in [2.45, 2.75) is 6.42 Å². The molecule has 0 fully saturated rings. The Balaban J connectivity index is 2.78. The van der Waals surface area contributed by atoms with Crippen LogP contribution in [0.1, 0.15) is 12.0 Å². The van der Waals surface area contributed by atoms with Crippen molar-refractivity contribution >= 4 is 12.0 Å². The average molecular weight is 207 g/mol. The predicted molar refractivity (Wildman–Crippen MR) is 57.5 cm³/mol. The molecule has 4 nitrogen and oxygen atoms in total. The summed E-state index contributed by atoms with van der Waals surface area (Å²) in [6.07, 6.45) is 3.60. The fourth-order valence-corrected chi connectivity index (χ4v) is 1.11. The molecule has 0 spiro atoms. The van der Waals surface area contributed by atoms with E-state index in [9.17, 15) is 9.90 Å². The van der Waals surface area contributed by atoms with Gasteiger partial charge in [0.2, 0.25) is 5.91 Å². The van der Waals surface area contributed by atoms with E-state index in [0.29, 0.717) is 5.75 Å². The van der Waals surface area contributed by atoms with Gasteiger partial charge < -0.3 is 15.6 Å². The molecule has 1 aromatic carbocycles. The Bertz CT molecular complexity index is 385. The first-order valence-corrected chi connectivity index (χ1v) is 4.45. The number of phenolic OH excluding ortho intramolecular Hbond substituents is 1. The van der Waals surface area contributed by atoms with Crippen LogP contribution in [0.5, 0.6) is 11.5 Å². The lowest BCUT2D eigenvalue weighted by atomic mass is 10.2. The van der Waals surface area contributed by atoms with Gasteiger partial charge in [0.05, 0.1) is 7.11 Å². The summed E-state index contributed by atoms with van der Waals surface area (Å²) in [4.78, 5) is 10.5. The molecule has 15 heavy (non-hydrogen) atoms. The summed E-state index contributed by atoms with van der Waals surface area (Å²) in [7, 11) is 1.48. The van der Waals surface area contributed by atoms with E-state index < -0.39 is 0 Å². The van der Waals surface area contributed by atoms with Gasteiger partial charge in [0.1, 0.15) is 0 Å². The number of nitrogens with two attached hydrogens (primary N) is 1. The van der Waals surface area contributed by atoms with E-state index in [1.807, 2.05) is 0 Å². The van der Waals surface area contributed by atoms with Crippen LogP contribution in [0.2, 0.25) is 0 Å². The summed E-state index contributed by atoms with van der Waals surface area (Å²) in [5.41, 5.74) is 5.82. The molecule has 0 atom stereocenters. The van der Waals surface area contributed by atoms with Crippen LogP contribution in [0.3, 0.4) is 0 Å². The number of methoxy groups -OCH3 is 1. The normalized spacial score (nSPS) is 10.5. The summed E-state index contributed by atoms with van der Waals surface area (Å²) in [5, 5.41) is 9.33. The van der Waals surface area contributed by atoms with Gasteiger partial charge in [-0.25, -0.2) is 0 Å². The minimum atomic E-state index is -0.378. The largest absolute Gasteiger partial charge is 0.504 e. The molecule has 0 radical (unpaired) electrons. The molecule has 0 aromatic heterocycles. The third-order valence-corrected chi connectivity index (χ3v) is 1.83. The van der Waals surface area contributed by atoms with Crippen molar-refractivity contribution < 1.29 is 14.6 Å². The smallest absolute Gasteiger partial charge is 0.221 e. The van der Waals surface area contributed by atoms with E-state index in [1.54, 1.807) is 24.3 Å². The molecular weight excluding hydrogens is 194 g/mol. The van der Waals surface area contributed by atoms with Crippen molar-refractivity contribution in [2.75, 3.05) is 7.11 Å². The molecule has 0 heterocycles. The summed E-state index contributed by atoms with van der Waals surface area (Å²) < 4.78 is 4.94. The number of aromatic hydroxyl groups is 1. The van der Waals surface area contributed by atoms with E-state index in [0.717, 1.165) is 5.56 Å². The summed E-state index contributed by atoms with van der Waals surface area (Å²) >= 11 is 0. The van der Waals surface area contributed by atoms with Crippen molar-refractivity contribution in [2.24, 2.45) is 5.73 Å². The van der Waals surface area contributed by atoms with E-state index in [1.165, 1.54) is 13.2 Å². The van der Waals surface area contributed by atoms with Crippen molar-refractivity contribution in [1.29, 1.82) is 0 Å². The lowest BCUT2D eigenvalue weighted by Crippen LogP contribution is -2.07. The zero-order chi connectivity index (χ0) is 11.3. The summed E-state index contributed by atoms with van der Waals surface area (Å²) in [6.45, 7) is 0. The maximum Gasteiger partial charge on any atom is 0.221 e. The molecule has 0 saturated carbocycles. The summed E-state index contributed by atoms with van der Waals surface area (Å²) in [5.74, 6) is 0.109. The second kappa shape index (κ2) is 5.05. The number of primary amides is 1. The van der Waals surface area contributed by atoms with Gasteiger partial charge in [0.25, 0.3) is 0 Å². The summed E-state index contributed by atoms with van der Waals surface area (Å²) in [6, 6.07) is 4.92. The molecule has 1 amide bonds. The topological polar surface area (TPSA) is 72.5 Å². The first kappa shape index (κ1) is 11.1. The number of benzene rings is 1. The molecule has 0 aliphatic heterocycles. The van der Waals surface area contributed by atoms with E-state index in [-0.39, 0.29) is 18.1 Å². The van der Waals surface area contributed by atoms with Gasteiger partial charge in [0, 0.05) is 6.42 Å². The van der Waals surface area contributed by atoms with Gasteiger partial charge in [-0.15, -0.1) is 0 Å². The van der Waals surface area contributed by atoms with Crippen LogP contribution >= 0.6 is 0 Å². The third-order valence-electron chi connectivity index (χ3n) is 1.83. The highest BCUT2D eigenvalue weighted by atomic mass is 16.5. The maximum absolute atomic E-state index is 10.5. The van der Waals surface area contributed by atoms with Crippen LogP contribution in [0.25, 0.3) is 6.08 Å². The van der Waals surface area contributed by atoms with Gasteiger partial charge in [-0.05, 0) is 17.7 Å². The Morgan fingerprint density at radius 3 is 2.93 bits per heavy atom. The monoisotopic (exact) mass is 207 g/mol. The Kier molecular flexibility index (Phi) is 3.74. The first-order chi connectivity index (χ1) is 7.13. The van der Waals surface area contributed by atoms with Gasteiger partial charge >= 0.3 is 0 Å². The van der Waals surface area contributed by atoms with Gasteiger partial charge in [-0.1, -0.05) is 18.2 Å². The second-order valence-corrected chi connectivity index (χ2v) is 3.00. The molecule has 1 aromatic rings. The van der Waals surface area contributed by atoms with Crippen LogP contribution in [0, 0.1) is 0 Å². The molecule has 3 N–H and O–H groups in total.